The summed E-state index contributed by atoms with van der Waals surface area (Å²) in [6.45, 7) is 6.32. The number of piperazine rings is 1. The van der Waals surface area contributed by atoms with Crippen molar-refractivity contribution in [3.63, 3.8) is 0 Å². The van der Waals surface area contributed by atoms with Crippen LogP contribution in [0.1, 0.15) is 16.7 Å². The average molecular weight is 512 g/mol. The van der Waals surface area contributed by atoms with Crippen molar-refractivity contribution in [1.82, 2.24) is 9.21 Å². The van der Waals surface area contributed by atoms with Crippen molar-refractivity contribution in [1.29, 1.82) is 0 Å². The highest BCUT2D eigenvalue weighted by molar-refractivity contribution is 7.89. The number of amides is 1. The first kappa shape index (κ1) is 25.2. The molecule has 3 aromatic rings. The van der Waals surface area contributed by atoms with E-state index in [1.807, 2.05) is 56.3 Å². The summed E-state index contributed by atoms with van der Waals surface area (Å²) < 4.78 is 28.2. The van der Waals surface area contributed by atoms with E-state index >= 15 is 0 Å². The van der Waals surface area contributed by atoms with Crippen molar-refractivity contribution in [2.24, 2.45) is 0 Å². The molecule has 1 saturated heterocycles. The van der Waals surface area contributed by atoms with Crippen LogP contribution in [-0.4, -0.2) is 56.3 Å². The Labute approximate surface area is 212 Å². The van der Waals surface area contributed by atoms with E-state index in [2.05, 4.69) is 4.90 Å². The van der Waals surface area contributed by atoms with Crippen LogP contribution in [0.4, 0.5) is 5.69 Å². The second-order valence-corrected chi connectivity index (χ2v) is 11.2. The molecule has 0 saturated carbocycles. The fraction of sp³-hybridized carbons (Fsp3) is 0.296. The van der Waals surface area contributed by atoms with Crippen molar-refractivity contribution in [2.45, 2.75) is 25.3 Å². The predicted octanol–water partition coefficient (Wildman–Crippen LogP) is 4.50. The van der Waals surface area contributed by atoms with Crippen LogP contribution in [0.3, 0.4) is 0 Å². The smallest absolute Gasteiger partial charge is 0.243 e. The van der Waals surface area contributed by atoms with Crippen LogP contribution in [0, 0.1) is 13.8 Å². The van der Waals surface area contributed by atoms with E-state index < -0.39 is 10.0 Å². The molecule has 1 amide bonds. The lowest BCUT2D eigenvalue weighted by molar-refractivity contribution is -0.131. The van der Waals surface area contributed by atoms with Crippen LogP contribution in [0.5, 0.6) is 0 Å². The molecule has 1 aliphatic heterocycles. The molecule has 35 heavy (non-hydrogen) atoms. The zero-order valence-electron chi connectivity index (χ0n) is 20.0. The SMILES string of the molecule is Cc1ccc(CN(CC(=O)N2CCN(c3cc(Cl)ccc3C)CC2)S(=O)(=O)c2ccccc2)cc1. The summed E-state index contributed by atoms with van der Waals surface area (Å²) in [7, 11) is -3.85. The molecule has 184 valence electrons. The maximum atomic E-state index is 13.5. The molecule has 0 atom stereocenters. The highest BCUT2D eigenvalue weighted by Gasteiger charge is 2.30. The van der Waals surface area contributed by atoms with Gasteiger partial charge in [-0.15, -0.1) is 0 Å². The molecule has 0 spiro atoms. The van der Waals surface area contributed by atoms with Gasteiger partial charge in [0.1, 0.15) is 0 Å². The minimum absolute atomic E-state index is 0.130. The molecule has 0 unspecified atom stereocenters. The van der Waals surface area contributed by atoms with Gasteiger partial charge in [0, 0.05) is 43.4 Å². The van der Waals surface area contributed by atoms with Crippen molar-refractivity contribution >= 4 is 33.2 Å². The predicted molar refractivity (Wildman–Crippen MR) is 140 cm³/mol. The quantitative estimate of drug-likeness (QED) is 0.468. The first-order valence-corrected chi connectivity index (χ1v) is 13.5. The number of hydrogen-bond donors (Lipinski definition) is 0. The van der Waals surface area contributed by atoms with Gasteiger partial charge in [-0.25, -0.2) is 8.42 Å². The third-order valence-corrected chi connectivity index (χ3v) is 8.36. The molecule has 0 aliphatic carbocycles. The van der Waals surface area contributed by atoms with Crippen LogP contribution in [0.25, 0.3) is 0 Å². The number of hydrogen-bond acceptors (Lipinski definition) is 4. The lowest BCUT2D eigenvalue weighted by atomic mass is 10.1. The van der Waals surface area contributed by atoms with E-state index in [4.69, 9.17) is 11.6 Å². The van der Waals surface area contributed by atoms with Gasteiger partial charge in [0.2, 0.25) is 15.9 Å². The molecule has 4 rings (SSSR count). The van der Waals surface area contributed by atoms with E-state index in [-0.39, 0.29) is 23.9 Å². The van der Waals surface area contributed by atoms with Gasteiger partial charge in [0.15, 0.2) is 0 Å². The number of benzene rings is 3. The Hall–Kier alpha value is -2.87. The highest BCUT2D eigenvalue weighted by Crippen LogP contribution is 2.26. The summed E-state index contributed by atoms with van der Waals surface area (Å²) in [5.41, 5.74) is 4.13. The molecular formula is C27H30ClN3O3S. The van der Waals surface area contributed by atoms with Crippen LogP contribution in [-0.2, 0) is 21.4 Å². The Kier molecular flexibility index (Phi) is 7.79. The summed E-state index contributed by atoms with van der Waals surface area (Å²) in [6, 6.07) is 21.8. The number of halogens is 1. The van der Waals surface area contributed by atoms with Gasteiger partial charge in [-0.3, -0.25) is 4.79 Å². The lowest BCUT2D eigenvalue weighted by Crippen LogP contribution is -2.51. The number of nitrogens with zero attached hydrogens (tertiary/aromatic N) is 3. The fourth-order valence-corrected chi connectivity index (χ4v) is 5.80. The van der Waals surface area contributed by atoms with Crippen molar-refractivity contribution in [3.8, 4) is 0 Å². The molecule has 0 radical (unpaired) electrons. The van der Waals surface area contributed by atoms with Gasteiger partial charge in [0.25, 0.3) is 0 Å². The summed E-state index contributed by atoms with van der Waals surface area (Å²) in [5.74, 6) is -0.195. The molecule has 1 aliphatic rings. The van der Waals surface area contributed by atoms with Gasteiger partial charge < -0.3 is 9.80 Å². The molecule has 6 nitrogen and oxygen atoms in total. The van der Waals surface area contributed by atoms with Crippen LogP contribution < -0.4 is 4.90 Å². The largest absolute Gasteiger partial charge is 0.368 e. The summed E-state index contributed by atoms with van der Waals surface area (Å²) >= 11 is 6.19. The number of carbonyl (C=O) groups is 1. The number of aryl methyl sites for hydroxylation is 2. The zero-order chi connectivity index (χ0) is 25.0. The van der Waals surface area contributed by atoms with Crippen molar-refractivity contribution in [3.05, 3.63) is 94.5 Å². The highest BCUT2D eigenvalue weighted by atomic mass is 35.5. The molecule has 8 heteroatoms. The van der Waals surface area contributed by atoms with E-state index in [1.54, 1.807) is 35.2 Å². The molecule has 0 bridgehead atoms. The molecule has 3 aromatic carbocycles. The number of anilines is 1. The average Bonchev–Trinajstić information content (AvgIpc) is 2.87. The third-order valence-electron chi connectivity index (χ3n) is 6.32. The Bertz CT molecular complexity index is 1270. The molecular weight excluding hydrogens is 482 g/mol. The molecule has 1 fully saturated rings. The van der Waals surface area contributed by atoms with Crippen LogP contribution in [0.2, 0.25) is 5.02 Å². The Morgan fingerprint density at radius 2 is 1.57 bits per heavy atom. The van der Waals surface area contributed by atoms with Gasteiger partial charge >= 0.3 is 0 Å². The van der Waals surface area contributed by atoms with Crippen LogP contribution in [0.15, 0.2) is 77.7 Å². The first-order valence-electron chi connectivity index (χ1n) is 11.6. The Morgan fingerprint density at radius 3 is 2.23 bits per heavy atom. The van der Waals surface area contributed by atoms with Crippen molar-refractivity contribution < 1.29 is 13.2 Å². The second kappa shape index (κ2) is 10.8. The number of sulfonamides is 1. The van der Waals surface area contributed by atoms with E-state index in [0.29, 0.717) is 31.2 Å². The zero-order valence-corrected chi connectivity index (χ0v) is 21.6. The lowest BCUT2D eigenvalue weighted by Gasteiger charge is -2.37. The topological polar surface area (TPSA) is 60.9 Å². The summed E-state index contributed by atoms with van der Waals surface area (Å²) in [4.78, 5) is 17.4. The van der Waals surface area contributed by atoms with Gasteiger partial charge in [-0.05, 0) is 49.2 Å². The maximum absolute atomic E-state index is 13.5. The molecule has 0 aromatic heterocycles. The van der Waals surface area contributed by atoms with Gasteiger partial charge in [-0.1, -0.05) is 65.7 Å². The van der Waals surface area contributed by atoms with E-state index in [1.165, 1.54) is 4.31 Å². The van der Waals surface area contributed by atoms with Gasteiger partial charge in [0.05, 0.1) is 11.4 Å². The van der Waals surface area contributed by atoms with E-state index in [9.17, 15) is 13.2 Å². The van der Waals surface area contributed by atoms with Crippen LogP contribution >= 0.6 is 11.6 Å². The Balaban J connectivity index is 1.49. The maximum Gasteiger partial charge on any atom is 0.243 e. The van der Waals surface area contributed by atoms with E-state index in [0.717, 1.165) is 22.4 Å². The standard InChI is InChI=1S/C27H30ClN3O3S/c1-21-8-11-23(12-9-21)19-31(35(33,34)25-6-4-3-5-7-25)20-27(32)30-16-14-29(15-17-30)26-18-24(28)13-10-22(26)2/h3-13,18H,14-17,19-20H2,1-2H3. The third kappa shape index (κ3) is 6.04. The monoisotopic (exact) mass is 511 g/mol. The summed E-state index contributed by atoms with van der Waals surface area (Å²) in [6.07, 6.45) is 0. The second-order valence-electron chi connectivity index (χ2n) is 8.87. The molecule has 1 heterocycles. The Morgan fingerprint density at radius 1 is 0.914 bits per heavy atom. The first-order chi connectivity index (χ1) is 16.7. The number of carbonyl (C=O) groups excluding carboxylic acids is 1. The van der Waals surface area contributed by atoms with Crippen molar-refractivity contribution in [2.75, 3.05) is 37.6 Å². The van der Waals surface area contributed by atoms with Gasteiger partial charge in [-0.2, -0.15) is 4.31 Å². The normalized spacial score (nSPS) is 14.4. The fourth-order valence-electron chi connectivity index (χ4n) is 4.24. The molecule has 0 N–H and O–H groups in total. The summed E-state index contributed by atoms with van der Waals surface area (Å²) in [5, 5.41) is 0.682. The number of rotatable bonds is 7. The minimum Gasteiger partial charge on any atom is -0.368 e. The minimum atomic E-state index is -3.85.